The van der Waals surface area contributed by atoms with Gasteiger partial charge in [0.25, 0.3) is 5.91 Å². The molecule has 2 amide bonds. The molecular weight excluding hydrogens is 328 g/mol. The van der Waals surface area contributed by atoms with Gasteiger partial charge in [0.2, 0.25) is 5.91 Å². The number of thiophene rings is 1. The van der Waals surface area contributed by atoms with Crippen LogP contribution in [0, 0.1) is 5.92 Å². The van der Waals surface area contributed by atoms with Crippen molar-refractivity contribution in [3.05, 3.63) is 22.4 Å². The molecule has 128 valence electrons. The summed E-state index contributed by atoms with van der Waals surface area (Å²) in [4.78, 5) is 28.1. The maximum atomic E-state index is 12.9. The van der Waals surface area contributed by atoms with Crippen LogP contribution in [0.5, 0.6) is 0 Å². The van der Waals surface area contributed by atoms with E-state index in [0.717, 1.165) is 6.42 Å². The van der Waals surface area contributed by atoms with Crippen molar-refractivity contribution in [2.45, 2.75) is 58.0 Å². The van der Waals surface area contributed by atoms with Gasteiger partial charge < -0.3 is 10.2 Å². The van der Waals surface area contributed by atoms with Crippen molar-refractivity contribution in [2.24, 2.45) is 5.92 Å². The second-order valence-electron chi connectivity index (χ2n) is 7.36. The van der Waals surface area contributed by atoms with Crippen LogP contribution >= 0.6 is 23.1 Å². The Morgan fingerprint density at radius 3 is 2.61 bits per heavy atom. The van der Waals surface area contributed by atoms with E-state index in [1.807, 2.05) is 38.3 Å². The summed E-state index contributed by atoms with van der Waals surface area (Å²) in [6.07, 6.45) is 0.904. The number of hydrogen-bond donors (Lipinski definition) is 1. The summed E-state index contributed by atoms with van der Waals surface area (Å²) in [5.74, 6) is 1.07. The zero-order valence-corrected chi connectivity index (χ0v) is 16.1. The minimum absolute atomic E-state index is 0.0234. The molecule has 0 aliphatic carbocycles. The molecule has 1 aromatic heterocycles. The summed E-state index contributed by atoms with van der Waals surface area (Å²) in [5, 5.41) is 4.99. The van der Waals surface area contributed by atoms with Gasteiger partial charge in [-0.15, -0.1) is 23.1 Å². The maximum Gasteiger partial charge on any atom is 0.265 e. The maximum absolute atomic E-state index is 12.9. The highest BCUT2D eigenvalue weighted by molar-refractivity contribution is 8.00. The van der Waals surface area contributed by atoms with E-state index in [4.69, 9.17) is 0 Å². The van der Waals surface area contributed by atoms with Gasteiger partial charge in [-0.25, -0.2) is 0 Å². The van der Waals surface area contributed by atoms with Crippen molar-refractivity contribution in [3.8, 4) is 0 Å². The molecule has 1 N–H and O–H groups in total. The molecule has 1 aliphatic heterocycles. The number of nitrogens with one attached hydrogen (secondary N) is 1. The first kappa shape index (κ1) is 18.3. The van der Waals surface area contributed by atoms with Crippen molar-refractivity contribution in [1.82, 2.24) is 10.2 Å². The molecule has 1 saturated heterocycles. The number of amides is 2. The normalized spacial score (nSPS) is 21.7. The van der Waals surface area contributed by atoms with Gasteiger partial charge in [0.1, 0.15) is 6.04 Å². The van der Waals surface area contributed by atoms with Gasteiger partial charge in [-0.1, -0.05) is 19.9 Å². The van der Waals surface area contributed by atoms with Crippen LogP contribution in [-0.4, -0.2) is 39.4 Å². The van der Waals surface area contributed by atoms with Crippen molar-refractivity contribution < 1.29 is 9.59 Å². The van der Waals surface area contributed by atoms with E-state index in [0.29, 0.717) is 16.5 Å². The SMILES string of the molecule is CC(C)CC1SCC(C(=O)NC(C)(C)C)N1C(=O)c1cccs1. The molecule has 2 atom stereocenters. The molecule has 0 aromatic carbocycles. The topological polar surface area (TPSA) is 49.4 Å². The van der Waals surface area contributed by atoms with E-state index < -0.39 is 6.04 Å². The summed E-state index contributed by atoms with van der Waals surface area (Å²) in [6, 6.07) is 3.32. The van der Waals surface area contributed by atoms with Crippen molar-refractivity contribution in [3.63, 3.8) is 0 Å². The second-order valence-corrected chi connectivity index (χ2v) is 9.52. The van der Waals surface area contributed by atoms with Crippen LogP contribution in [0.25, 0.3) is 0 Å². The lowest BCUT2D eigenvalue weighted by Crippen LogP contribution is -2.53. The van der Waals surface area contributed by atoms with E-state index in [9.17, 15) is 9.59 Å². The number of carbonyl (C=O) groups excluding carboxylic acids is 2. The summed E-state index contributed by atoms with van der Waals surface area (Å²) in [6.45, 7) is 10.2. The molecule has 0 spiro atoms. The molecular formula is C17H26N2O2S2. The van der Waals surface area contributed by atoms with Gasteiger partial charge in [-0.3, -0.25) is 9.59 Å². The van der Waals surface area contributed by atoms with Gasteiger partial charge in [0.05, 0.1) is 10.3 Å². The highest BCUT2D eigenvalue weighted by Crippen LogP contribution is 2.35. The Labute approximate surface area is 147 Å². The van der Waals surface area contributed by atoms with Crippen molar-refractivity contribution in [2.75, 3.05) is 5.75 Å². The third-order valence-electron chi connectivity index (χ3n) is 3.53. The Balaban J connectivity index is 2.23. The summed E-state index contributed by atoms with van der Waals surface area (Å²) >= 11 is 3.15. The number of hydrogen-bond acceptors (Lipinski definition) is 4. The molecule has 2 rings (SSSR count). The van der Waals surface area contributed by atoms with Crippen molar-refractivity contribution >= 4 is 34.9 Å². The number of carbonyl (C=O) groups is 2. The lowest BCUT2D eigenvalue weighted by Gasteiger charge is -2.31. The summed E-state index contributed by atoms with van der Waals surface area (Å²) in [7, 11) is 0. The smallest absolute Gasteiger partial charge is 0.265 e. The van der Waals surface area contributed by atoms with Crippen LogP contribution in [0.4, 0.5) is 0 Å². The van der Waals surface area contributed by atoms with E-state index in [1.54, 1.807) is 16.7 Å². The molecule has 6 heteroatoms. The van der Waals surface area contributed by atoms with E-state index in [2.05, 4.69) is 19.2 Å². The average Bonchev–Trinajstić information content (AvgIpc) is 3.03. The largest absolute Gasteiger partial charge is 0.350 e. The third-order valence-corrected chi connectivity index (χ3v) is 5.70. The first-order chi connectivity index (χ1) is 10.7. The average molecular weight is 355 g/mol. The van der Waals surface area contributed by atoms with Gasteiger partial charge in [-0.2, -0.15) is 0 Å². The van der Waals surface area contributed by atoms with Gasteiger partial charge >= 0.3 is 0 Å². The van der Waals surface area contributed by atoms with Crippen LogP contribution in [0.1, 0.15) is 50.7 Å². The lowest BCUT2D eigenvalue weighted by atomic mass is 10.1. The molecule has 4 nitrogen and oxygen atoms in total. The molecule has 23 heavy (non-hydrogen) atoms. The molecule has 1 aliphatic rings. The third kappa shape index (κ3) is 4.73. The summed E-state index contributed by atoms with van der Waals surface area (Å²) in [5.41, 5.74) is -0.296. The van der Waals surface area contributed by atoms with E-state index >= 15 is 0 Å². The van der Waals surface area contributed by atoms with Crippen LogP contribution in [0.15, 0.2) is 17.5 Å². The van der Waals surface area contributed by atoms with E-state index in [1.165, 1.54) is 11.3 Å². The zero-order chi connectivity index (χ0) is 17.2. The van der Waals surface area contributed by atoms with Crippen LogP contribution in [-0.2, 0) is 4.79 Å². The Morgan fingerprint density at radius 1 is 1.39 bits per heavy atom. The quantitative estimate of drug-likeness (QED) is 0.899. The van der Waals surface area contributed by atoms with Gasteiger partial charge in [0.15, 0.2) is 0 Å². The van der Waals surface area contributed by atoms with Gasteiger partial charge in [-0.05, 0) is 44.6 Å². The first-order valence-electron chi connectivity index (χ1n) is 7.99. The monoisotopic (exact) mass is 354 g/mol. The molecule has 1 aromatic rings. The Morgan fingerprint density at radius 2 is 2.09 bits per heavy atom. The number of rotatable bonds is 4. The highest BCUT2D eigenvalue weighted by atomic mass is 32.2. The van der Waals surface area contributed by atoms with Gasteiger partial charge in [0, 0.05) is 11.3 Å². The zero-order valence-electron chi connectivity index (χ0n) is 14.5. The Bertz CT molecular complexity index is 549. The molecule has 0 saturated carbocycles. The predicted molar refractivity (Wildman–Crippen MR) is 97.9 cm³/mol. The number of thioether (sulfide) groups is 1. The van der Waals surface area contributed by atoms with Crippen molar-refractivity contribution in [1.29, 1.82) is 0 Å². The Kier molecular flexibility index (Phi) is 5.79. The molecule has 0 radical (unpaired) electrons. The lowest BCUT2D eigenvalue weighted by molar-refractivity contribution is -0.126. The first-order valence-corrected chi connectivity index (χ1v) is 9.91. The highest BCUT2D eigenvalue weighted by Gasteiger charge is 2.42. The fraction of sp³-hybridized carbons (Fsp3) is 0.647. The van der Waals surface area contributed by atoms with E-state index in [-0.39, 0.29) is 22.7 Å². The predicted octanol–water partition coefficient (Wildman–Crippen LogP) is 3.59. The second kappa shape index (κ2) is 7.26. The molecule has 2 unspecified atom stereocenters. The minimum Gasteiger partial charge on any atom is -0.350 e. The fourth-order valence-corrected chi connectivity index (χ4v) is 4.91. The molecule has 0 bridgehead atoms. The molecule has 2 heterocycles. The minimum atomic E-state index is -0.391. The van der Waals surface area contributed by atoms with Crippen LogP contribution in [0.2, 0.25) is 0 Å². The molecule has 1 fully saturated rings. The summed E-state index contributed by atoms with van der Waals surface area (Å²) < 4.78 is 0. The van der Waals surface area contributed by atoms with Crippen LogP contribution < -0.4 is 5.32 Å². The standard InChI is InChI=1S/C17H26N2O2S2/c1-11(2)9-14-19(16(21)13-7-6-8-22-13)12(10-23-14)15(20)18-17(3,4)5/h6-8,11-12,14H,9-10H2,1-5H3,(H,18,20). The Hall–Kier alpha value is -1.01. The number of nitrogens with zero attached hydrogens (tertiary/aromatic N) is 1. The fourth-order valence-electron chi connectivity index (χ4n) is 2.60. The van der Waals surface area contributed by atoms with Crippen LogP contribution in [0.3, 0.4) is 0 Å².